The highest BCUT2D eigenvalue weighted by Gasteiger charge is 2.46. The van der Waals surface area contributed by atoms with Crippen molar-refractivity contribution in [3.63, 3.8) is 0 Å². The maximum Gasteiger partial charge on any atom is 0.249 e. The molecule has 0 aromatic rings. The summed E-state index contributed by atoms with van der Waals surface area (Å²) in [5.74, 6) is -0.00966. The fraction of sp³-hybridized carbons (Fsp3) is 0.733. The summed E-state index contributed by atoms with van der Waals surface area (Å²) in [5, 5.41) is 3.02. The molecule has 5 heteroatoms. The second kappa shape index (κ2) is 5.95. The van der Waals surface area contributed by atoms with Gasteiger partial charge in [0.25, 0.3) is 0 Å². The fourth-order valence-electron chi connectivity index (χ4n) is 3.25. The largest absolute Gasteiger partial charge is 0.372 e. The number of hydrogen-bond acceptors (Lipinski definition) is 3. The summed E-state index contributed by atoms with van der Waals surface area (Å²) in [4.78, 5) is 25.1. The number of hydrogen-bond donors (Lipinski definition) is 1. The van der Waals surface area contributed by atoms with E-state index in [4.69, 9.17) is 4.74 Å². The molecule has 0 bridgehead atoms. The van der Waals surface area contributed by atoms with E-state index in [1.54, 1.807) is 14.0 Å². The Morgan fingerprint density at radius 1 is 1.40 bits per heavy atom. The van der Waals surface area contributed by atoms with Gasteiger partial charge in [-0.25, -0.2) is 0 Å². The van der Waals surface area contributed by atoms with E-state index in [1.165, 1.54) is 6.08 Å². The molecule has 1 atom stereocenters. The first kappa shape index (κ1) is 15.0. The topological polar surface area (TPSA) is 58.6 Å². The SMILES string of the molecule is C=CC(=O)N1CCC2(CC1)CC(NC(=O)[C@@H](C)OC)C2. The number of rotatable bonds is 4. The molecule has 0 aromatic heterocycles. The Bertz CT molecular complexity index is 392. The van der Waals surface area contributed by atoms with Crippen LogP contribution in [0.1, 0.15) is 32.6 Å². The molecule has 0 aromatic carbocycles. The number of piperidine rings is 1. The van der Waals surface area contributed by atoms with E-state index in [2.05, 4.69) is 11.9 Å². The Morgan fingerprint density at radius 3 is 2.50 bits per heavy atom. The third-order valence-electron chi connectivity index (χ3n) is 4.74. The summed E-state index contributed by atoms with van der Waals surface area (Å²) in [7, 11) is 1.54. The van der Waals surface area contributed by atoms with Gasteiger partial charge in [0.15, 0.2) is 0 Å². The molecular weight excluding hydrogens is 256 g/mol. The summed E-state index contributed by atoms with van der Waals surface area (Å²) in [6, 6.07) is 0.266. The third-order valence-corrected chi connectivity index (χ3v) is 4.74. The van der Waals surface area contributed by atoms with Gasteiger partial charge in [0, 0.05) is 26.2 Å². The van der Waals surface area contributed by atoms with Gasteiger partial charge in [-0.05, 0) is 44.1 Å². The van der Waals surface area contributed by atoms with Crippen molar-refractivity contribution in [1.29, 1.82) is 0 Å². The molecule has 1 saturated carbocycles. The molecule has 2 fully saturated rings. The van der Waals surface area contributed by atoms with Crippen LogP contribution in [0, 0.1) is 5.41 Å². The molecule has 5 nitrogen and oxygen atoms in total. The predicted octanol–water partition coefficient (Wildman–Crippen LogP) is 1.09. The Kier molecular flexibility index (Phi) is 4.48. The molecular formula is C15H24N2O3. The lowest BCUT2D eigenvalue weighted by molar-refractivity contribution is -0.134. The highest BCUT2D eigenvalue weighted by molar-refractivity contribution is 5.87. The van der Waals surface area contributed by atoms with Gasteiger partial charge >= 0.3 is 0 Å². The lowest BCUT2D eigenvalue weighted by Gasteiger charge is -2.52. The number of carbonyl (C=O) groups is 2. The minimum atomic E-state index is -0.390. The van der Waals surface area contributed by atoms with Crippen LogP contribution in [0.5, 0.6) is 0 Å². The zero-order chi connectivity index (χ0) is 14.8. The Balaban J connectivity index is 1.75. The Hall–Kier alpha value is -1.36. The maximum absolute atomic E-state index is 11.7. The van der Waals surface area contributed by atoms with Gasteiger partial charge in [0.2, 0.25) is 11.8 Å². The number of nitrogens with one attached hydrogen (secondary N) is 1. The lowest BCUT2D eigenvalue weighted by Crippen LogP contribution is -2.56. The first-order valence-electron chi connectivity index (χ1n) is 7.24. The predicted molar refractivity (Wildman–Crippen MR) is 76.1 cm³/mol. The van der Waals surface area contributed by atoms with Gasteiger partial charge in [-0.1, -0.05) is 6.58 Å². The number of ether oxygens (including phenoxy) is 1. The highest BCUT2D eigenvalue weighted by atomic mass is 16.5. The minimum Gasteiger partial charge on any atom is -0.372 e. The van der Waals surface area contributed by atoms with Crippen LogP contribution in [-0.2, 0) is 14.3 Å². The van der Waals surface area contributed by atoms with Crippen LogP contribution in [0.4, 0.5) is 0 Å². The van der Waals surface area contributed by atoms with Gasteiger partial charge < -0.3 is 15.0 Å². The monoisotopic (exact) mass is 280 g/mol. The maximum atomic E-state index is 11.7. The average molecular weight is 280 g/mol. The first-order chi connectivity index (χ1) is 9.49. The van der Waals surface area contributed by atoms with Gasteiger partial charge in [0.1, 0.15) is 6.10 Å². The molecule has 2 aliphatic rings. The van der Waals surface area contributed by atoms with Crippen LogP contribution in [0.2, 0.25) is 0 Å². The molecule has 1 heterocycles. The van der Waals surface area contributed by atoms with Crippen molar-refractivity contribution in [2.24, 2.45) is 5.41 Å². The summed E-state index contributed by atoms with van der Waals surface area (Å²) in [6.07, 6.45) is 5.08. The summed E-state index contributed by atoms with van der Waals surface area (Å²) < 4.78 is 5.01. The molecule has 0 unspecified atom stereocenters. The van der Waals surface area contributed by atoms with E-state index in [9.17, 15) is 9.59 Å². The fourth-order valence-corrected chi connectivity index (χ4v) is 3.25. The second-order valence-corrected chi connectivity index (χ2v) is 6.02. The van der Waals surface area contributed by atoms with Crippen LogP contribution in [0.15, 0.2) is 12.7 Å². The summed E-state index contributed by atoms with van der Waals surface area (Å²) in [6.45, 7) is 6.89. The molecule has 112 valence electrons. The van der Waals surface area contributed by atoms with Crippen molar-refractivity contribution < 1.29 is 14.3 Å². The van der Waals surface area contributed by atoms with Crippen molar-refractivity contribution in [1.82, 2.24) is 10.2 Å². The van der Waals surface area contributed by atoms with Crippen molar-refractivity contribution in [3.05, 3.63) is 12.7 Å². The van der Waals surface area contributed by atoms with Crippen molar-refractivity contribution in [2.45, 2.75) is 44.8 Å². The quantitative estimate of drug-likeness (QED) is 0.784. The molecule has 1 aliphatic heterocycles. The highest BCUT2D eigenvalue weighted by Crippen LogP contribution is 2.49. The van der Waals surface area contributed by atoms with E-state index in [0.29, 0.717) is 5.41 Å². The van der Waals surface area contributed by atoms with Gasteiger partial charge in [0.05, 0.1) is 0 Å². The molecule has 1 saturated heterocycles. The van der Waals surface area contributed by atoms with Crippen LogP contribution < -0.4 is 5.32 Å². The number of likely N-dealkylation sites (tertiary alicyclic amines) is 1. The summed E-state index contributed by atoms with van der Waals surface area (Å²) >= 11 is 0. The Labute approximate surface area is 120 Å². The second-order valence-electron chi connectivity index (χ2n) is 6.02. The summed E-state index contributed by atoms with van der Waals surface area (Å²) in [5.41, 5.74) is 0.326. The van der Waals surface area contributed by atoms with Gasteiger partial charge in [-0.2, -0.15) is 0 Å². The number of carbonyl (C=O) groups excluding carboxylic acids is 2. The van der Waals surface area contributed by atoms with E-state index < -0.39 is 6.10 Å². The Morgan fingerprint density at radius 2 is 2.00 bits per heavy atom. The van der Waals surface area contributed by atoms with Crippen molar-refractivity contribution >= 4 is 11.8 Å². The van der Waals surface area contributed by atoms with E-state index in [0.717, 1.165) is 38.8 Å². The number of methoxy groups -OCH3 is 1. The molecule has 0 radical (unpaired) electrons. The van der Waals surface area contributed by atoms with E-state index in [-0.39, 0.29) is 17.9 Å². The van der Waals surface area contributed by atoms with Gasteiger partial charge in [-0.15, -0.1) is 0 Å². The molecule has 2 rings (SSSR count). The third kappa shape index (κ3) is 3.03. The molecule has 2 amide bonds. The lowest BCUT2D eigenvalue weighted by atomic mass is 9.60. The zero-order valence-corrected chi connectivity index (χ0v) is 12.4. The van der Waals surface area contributed by atoms with E-state index >= 15 is 0 Å². The molecule has 1 spiro atoms. The number of amides is 2. The first-order valence-corrected chi connectivity index (χ1v) is 7.24. The average Bonchev–Trinajstić information content (AvgIpc) is 2.44. The normalized spacial score (nSPS) is 23.0. The van der Waals surface area contributed by atoms with Crippen molar-refractivity contribution in [2.75, 3.05) is 20.2 Å². The van der Waals surface area contributed by atoms with Crippen LogP contribution in [-0.4, -0.2) is 49.1 Å². The minimum absolute atomic E-state index is 0.0259. The molecule has 1 aliphatic carbocycles. The molecule has 1 N–H and O–H groups in total. The smallest absolute Gasteiger partial charge is 0.249 e. The standard InChI is InChI=1S/C15H24N2O3/c1-4-13(18)17-7-5-15(6-8-17)9-12(10-15)16-14(19)11(2)20-3/h4,11-12H,1,5-10H2,2-3H3,(H,16,19)/t11-/m1/s1. The van der Waals surface area contributed by atoms with Crippen molar-refractivity contribution in [3.8, 4) is 0 Å². The van der Waals surface area contributed by atoms with Crippen LogP contribution in [0.3, 0.4) is 0 Å². The van der Waals surface area contributed by atoms with Crippen LogP contribution in [0.25, 0.3) is 0 Å². The molecule has 20 heavy (non-hydrogen) atoms. The van der Waals surface area contributed by atoms with Gasteiger partial charge in [-0.3, -0.25) is 9.59 Å². The van der Waals surface area contributed by atoms with Crippen LogP contribution >= 0.6 is 0 Å². The van der Waals surface area contributed by atoms with E-state index in [1.807, 2.05) is 4.90 Å². The number of nitrogens with zero attached hydrogens (tertiary/aromatic N) is 1. The zero-order valence-electron chi connectivity index (χ0n) is 12.4.